The van der Waals surface area contributed by atoms with E-state index >= 15 is 0 Å². The van der Waals surface area contributed by atoms with Crippen LogP contribution in [-0.2, 0) is 0 Å². The molecule has 0 fully saturated rings. The van der Waals surface area contributed by atoms with Crippen molar-refractivity contribution in [3.05, 3.63) is 55.4 Å². The predicted octanol–water partition coefficient (Wildman–Crippen LogP) is 5.24. The van der Waals surface area contributed by atoms with E-state index in [0.29, 0.717) is 36.5 Å². The minimum atomic E-state index is -0.357. The van der Waals surface area contributed by atoms with Crippen LogP contribution >= 0.6 is 50.7 Å². The molecule has 2 rings (SSSR count). The van der Waals surface area contributed by atoms with Crippen molar-refractivity contribution >= 4 is 68.0 Å². The molecule has 0 radical (unpaired) electrons. The topological polar surface area (TPSA) is 55.1 Å². The van der Waals surface area contributed by atoms with E-state index in [-0.39, 0.29) is 5.91 Å². The number of carbonyl (C=O) groups excluding carboxylic acids is 1. The monoisotopic (exact) mass is 392 g/mol. The number of hydrogen-bond acceptors (Lipinski definition) is 2. The van der Waals surface area contributed by atoms with E-state index in [4.69, 9.17) is 40.5 Å². The Bertz CT molecular complexity index is 692. The van der Waals surface area contributed by atoms with Gasteiger partial charge in [-0.3, -0.25) is 4.79 Å². The first-order chi connectivity index (χ1) is 9.38. The Morgan fingerprint density at radius 1 is 1.05 bits per heavy atom. The van der Waals surface area contributed by atoms with Gasteiger partial charge in [0, 0.05) is 10.2 Å². The number of amides is 1. The summed E-state index contributed by atoms with van der Waals surface area (Å²) in [6.07, 6.45) is 0. The van der Waals surface area contributed by atoms with E-state index in [1.54, 1.807) is 18.2 Å². The summed E-state index contributed by atoms with van der Waals surface area (Å²) in [6.45, 7) is 0. The molecule has 104 valence electrons. The van der Waals surface area contributed by atoms with E-state index in [1.165, 1.54) is 12.1 Å². The van der Waals surface area contributed by atoms with Crippen LogP contribution in [0.1, 0.15) is 10.4 Å². The quantitative estimate of drug-likeness (QED) is 0.540. The van der Waals surface area contributed by atoms with Gasteiger partial charge in [-0.05, 0) is 46.3 Å². The SMILES string of the molecule is Nc1ccc(Br)c(C(=O)Nc2cc(Cl)c(Cl)cc2Cl)c1. The summed E-state index contributed by atoms with van der Waals surface area (Å²) < 4.78 is 0.625. The summed E-state index contributed by atoms with van der Waals surface area (Å²) in [4.78, 5) is 12.2. The Morgan fingerprint density at radius 2 is 1.70 bits per heavy atom. The molecule has 7 heteroatoms. The number of nitrogens with two attached hydrogens (primary N) is 1. The van der Waals surface area contributed by atoms with Crippen LogP contribution in [0.3, 0.4) is 0 Å². The number of rotatable bonds is 2. The lowest BCUT2D eigenvalue weighted by molar-refractivity contribution is 0.102. The summed E-state index contributed by atoms with van der Waals surface area (Å²) in [5.41, 5.74) is 6.92. The highest BCUT2D eigenvalue weighted by molar-refractivity contribution is 9.10. The highest BCUT2D eigenvalue weighted by atomic mass is 79.9. The molecule has 0 aliphatic heterocycles. The molecule has 2 aromatic rings. The number of hydrogen-bond donors (Lipinski definition) is 2. The van der Waals surface area contributed by atoms with E-state index < -0.39 is 0 Å². The van der Waals surface area contributed by atoms with E-state index in [0.717, 1.165) is 0 Å². The number of benzene rings is 2. The van der Waals surface area contributed by atoms with Crippen molar-refractivity contribution in [2.45, 2.75) is 0 Å². The maximum atomic E-state index is 12.2. The summed E-state index contributed by atoms with van der Waals surface area (Å²) in [5.74, 6) is -0.357. The van der Waals surface area contributed by atoms with Gasteiger partial charge in [0.25, 0.3) is 5.91 Å². The molecule has 0 atom stereocenters. The standard InChI is InChI=1S/C13H8BrCl3N2O/c14-8-2-1-6(18)3-7(8)13(20)19-12-5-10(16)9(15)4-11(12)17/h1-5H,18H2,(H,19,20). The summed E-state index contributed by atoms with van der Waals surface area (Å²) in [7, 11) is 0. The molecule has 0 unspecified atom stereocenters. The second-order valence-electron chi connectivity index (χ2n) is 3.94. The molecule has 3 nitrogen and oxygen atoms in total. The van der Waals surface area contributed by atoms with Crippen molar-refractivity contribution in [2.24, 2.45) is 0 Å². The smallest absolute Gasteiger partial charge is 0.256 e. The molecule has 0 aliphatic rings. The lowest BCUT2D eigenvalue weighted by Gasteiger charge is -2.10. The van der Waals surface area contributed by atoms with Gasteiger partial charge < -0.3 is 11.1 Å². The van der Waals surface area contributed by atoms with Gasteiger partial charge in [-0.25, -0.2) is 0 Å². The van der Waals surface area contributed by atoms with E-state index in [9.17, 15) is 4.79 Å². The van der Waals surface area contributed by atoms with Crippen LogP contribution in [0.25, 0.3) is 0 Å². The van der Waals surface area contributed by atoms with Crippen molar-refractivity contribution in [2.75, 3.05) is 11.1 Å². The fourth-order valence-corrected chi connectivity index (χ4v) is 2.55. The van der Waals surface area contributed by atoms with Crippen molar-refractivity contribution in [1.29, 1.82) is 0 Å². The molecule has 0 heterocycles. The molecule has 0 saturated heterocycles. The zero-order valence-electron chi connectivity index (χ0n) is 9.88. The fourth-order valence-electron chi connectivity index (χ4n) is 1.52. The number of halogens is 4. The third-order valence-electron chi connectivity index (χ3n) is 2.49. The molecular weight excluding hydrogens is 386 g/mol. The summed E-state index contributed by atoms with van der Waals surface area (Å²) in [5, 5.41) is 3.58. The second-order valence-corrected chi connectivity index (χ2v) is 6.02. The second kappa shape index (κ2) is 6.22. The van der Waals surface area contributed by atoms with Crippen molar-refractivity contribution < 1.29 is 4.79 Å². The lowest BCUT2D eigenvalue weighted by atomic mass is 10.2. The van der Waals surface area contributed by atoms with Crippen LogP contribution in [0.5, 0.6) is 0 Å². The minimum absolute atomic E-state index is 0.299. The number of nitrogens with one attached hydrogen (secondary N) is 1. The third kappa shape index (κ3) is 3.38. The van der Waals surface area contributed by atoms with Gasteiger partial charge in [-0.15, -0.1) is 0 Å². The maximum absolute atomic E-state index is 12.2. The first-order valence-electron chi connectivity index (χ1n) is 5.39. The predicted molar refractivity (Wildman–Crippen MR) is 88.0 cm³/mol. The van der Waals surface area contributed by atoms with E-state index in [2.05, 4.69) is 21.2 Å². The first kappa shape index (κ1) is 15.4. The number of nitrogen functional groups attached to an aromatic ring is 1. The van der Waals surface area contributed by atoms with Crippen molar-refractivity contribution in [3.63, 3.8) is 0 Å². The Balaban J connectivity index is 2.32. The van der Waals surface area contributed by atoms with Crippen LogP contribution in [0, 0.1) is 0 Å². The van der Waals surface area contributed by atoms with Crippen LogP contribution < -0.4 is 11.1 Å². The Morgan fingerprint density at radius 3 is 2.40 bits per heavy atom. The minimum Gasteiger partial charge on any atom is -0.399 e. The number of carbonyl (C=O) groups is 1. The van der Waals surface area contributed by atoms with Crippen molar-refractivity contribution in [1.82, 2.24) is 0 Å². The average Bonchev–Trinajstić information content (AvgIpc) is 2.38. The Kier molecular flexibility index (Phi) is 4.81. The Labute approximate surface area is 139 Å². The number of anilines is 2. The van der Waals surface area contributed by atoms with Gasteiger partial charge in [-0.1, -0.05) is 34.8 Å². The molecule has 3 N–H and O–H groups in total. The van der Waals surface area contributed by atoms with E-state index in [1.807, 2.05) is 0 Å². The molecule has 0 aromatic heterocycles. The van der Waals surface area contributed by atoms with Gasteiger partial charge in [-0.2, -0.15) is 0 Å². The highest BCUT2D eigenvalue weighted by Crippen LogP contribution is 2.32. The third-order valence-corrected chi connectivity index (χ3v) is 4.22. The van der Waals surface area contributed by atoms with Gasteiger partial charge in [0.15, 0.2) is 0 Å². The molecule has 2 aromatic carbocycles. The molecule has 0 spiro atoms. The lowest BCUT2D eigenvalue weighted by Crippen LogP contribution is -2.13. The largest absolute Gasteiger partial charge is 0.399 e. The van der Waals surface area contributed by atoms with Crippen LogP contribution in [0.15, 0.2) is 34.8 Å². The highest BCUT2D eigenvalue weighted by Gasteiger charge is 2.13. The zero-order chi connectivity index (χ0) is 14.9. The van der Waals surface area contributed by atoms with Gasteiger partial charge in [0.2, 0.25) is 0 Å². The molecule has 0 aliphatic carbocycles. The van der Waals surface area contributed by atoms with Crippen LogP contribution in [0.2, 0.25) is 15.1 Å². The Hall–Kier alpha value is -0.940. The fraction of sp³-hybridized carbons (Fsp3) is 0. The molecule has 1 amide bonds. The molecule has 0 saturated carbocycles. The molecule has 20 heavy (non-hydrogen) atoms. The first-order valence-corrected chi connectivity index (χ1v) is 7.32. The van der Waals surface area contributed by atoms with Crippen LogP contribution in [0.4, 0.5) is 11.4 Å². The van der Waals surface area contributed by atoms with Gasteiger partial charge in [0.1, 0.15) is 0 Å². The van der Waals surface area contributed by atoms with Gasteiger partial charge in [0.05, 0.1) is 26.3 Å². The zero-order valence-corrected chi connectivity index (χ0v) is 13.7. The maximum Gasteiger partial charge on any atom is 0.256 e. The van der Waals surface area contributed by atoms with Gasteiger partial charge >= 0.3 is 0 Å². The normalized spacial score (nSPS) is 10.4. The average molecular weight is 394 g/mol. The summed E-state index contributed by atoms with van der Waals surface area (Å²) in [6, 6.07) is 7.90. The molecular formula is C13H8BrCl3N2O. The van der Waals surface area contributed by atoms with Crippen molar-refractivity contribution in [3.8, 4) is 0 Å². The molecule has 0 bridgehead atoms. The summed E-state index contributed by atoms with van der Waals surface area (Å²) >= 11 is 21.0. The van der Waals surface area contributed by atoms with Crippen LogP contribution in [-0.4, -0.2) is 5.91 Å².